The zero-order valence-electron chi connectivity index (χ0n) is 18.0. The van der Waals surface area contributed by atoms with E-state index < -0.39 is 26.3 Å². The summed E-state index contributed by atoms with van der Waals surface area (Å²) in [6.45, 7) is 0. The summed E-state index contributed by atoms with van der Waals surface area (Å²) in [6, 6.07) is 15.8. The van der Waals surface area contributed by atoms with E-state index in [1.54, 1.807) is 18.2 Å². The van der Waals surface area contributed by atoms with Gasteiger partial charge in [-0.15, -0.1) is 0 Å². The molecular formula is C24H18ClNO7S. The van der Waals surface area contributed by atoms with Crippen molar-refractivity contribution in [3.8, 4) is 11.5 Å². The number of sulfone groups is 1. The van der Waals surface area contributed by atoms with E-state index in [0.717, 1.165) is 0 Å². The number of ether oxygens (including phenoxy) is 2. The molecule has 0 aliphatic carbocycles. The number of rotatable bonds is 6. The maximum atomic E-state index is 13.0. The molecule has 3 aromatic carbocycles. The SMILES string of the molecule is COc1cc(NC(=O)c2ccc3oc(=O)c(S(=O)(=O)c4ccc(Cl)cc4)cc3c2)cc(OC)c1. The van der Waals surface area contributed by atoms with E-state index in [0.29, 0.717) is 22.2 Å². The molecule has 34 heavy (non-hydrogen) atoms. The van der Waals surface area contributed by atoms with Gasteiger partial charge in [-0.1, -0.05) is 11.6 Å². The van der Waals surface area contributed by atoms with Crippen molar-refractivity contribution in [1.29, 1.82) is 0 Å². The lowest BCUT2D eigenvalue weighted by molar-refractivity contribution is 0.102. The number of anilines is 1. The zero-order chi connectivity index (χ0) is 24.5. The monoisotopic (exact) mass is 499 g/mol. The van der Waals surface area contributed by atoms with Crippen molar-refractivity contribution < 1.29 is 27.1 Å². The van der Waals surface area contributed by atoms with Gasteiger partial charge in [0.15, 0.2) is 4.90 Å². The van der Waals surface area contributed by atoms with E-state index in [1.165, 1.54) is 62.8 Å². The second kappa shape index (κ2) is 9.20. The van der Waals surface area contributed by atoms with Gasteiger partial charge in [0.25, 0.3) is 5.91 Å². The zero-order valence-corrected chi connectivity index (χ0v) is 19.6. The third-order valence-electron chi connectivity index (χ3n) is 4.99. The Hall–Kier alpha value is -3.82. The van der Waals surface area contributed by atoms with Crippen LogP contribution in [0, 0.1) is 0 Å². The number of halogens is 1. The molecular weight excluding hydrogens is 482 g/mol. The van der Waals surface area contributed by atoms with Gasteiger partial charge in [-0.05, 0) is 48.5 Å². The number of hydrogen-bond acceptors (Lipinski definition) is 7. The molecule has 1 N–H and O–H groups in total. The van der Waals surface area contributed by atoms with E-state index in [1.807, 2.05) is 0 Å². The summed E-state index contributed by atoms with van der Waals surface area (Å²) in [5, 5.41) is 3.36. The quantitative estimate of drug-likeness (QED) is 0.387. The van der Waals surface area contributed by atoms with Crippen molar-refractivity contribution in [2.24, 2.45) is 0 Å². The summed E-state index contributed by atoms with van der Waals surface area (Å²) in [7, 11) is -1.18. The normalized spacial score (nSPS) is 11.3. The number of amides is 1. The van der Waals surface area contributed by atoms with E-state index in [-0.39, 0.29) is 21.4 Å². The van der Waals surface area contributed by atoms with Gasteiger partial charge in [0.05, 0.1) is 19.1 Å². The molecule has 10 heteroatoms. The molecule has 1 amide bonds. The Kier molecular flexibility index (Phi) is 6.32. The Morgan fingerprint density at radius 1 is 0.912 bits per heavy atom. The van der Waals surface area contributed by atoms with Gasteiger partial charge in [0.1, 0.15) is 17.1 Å². The van der Waals surface area contributed by atoms with Crippen LogP contribution in [0.1, 0.15) is 10.4 Å². The van der Waals surface area contributed by atoms with Gasteiger partial charge in [0, 0.05) is 39.9 Å². The number of nitrogens with one attached hydrogen (secondary N) is 1. The lowest BCUT2D eigenvalue weighted by Crippen LogP contribution is -2.15. The molecule has 0 saturated carbocycles. The van der Waals surface area contributed by atoms with Crippen LogP contribution in [0.15, 0.2) is 85.7 Å². The van der Waals surface area contributed by atoms with Gasteiger partial charge in [-0.3, -0.25) is 4.79 Å². The van der Waals surface area contributed by atoms with E-state index in [2.05, 4.69) is 5.32 Å². The number of hydrogen-bond donors (Lipinski definition) is 1. The Morgan fingerprint density at radius 3 is 2.18 bits per heavy atom. The minimum Gasteiger partial charge on any atom is -0.497 e. The first-order valence-electron chi connectivity index (χ1n) is 9.84. The molecule has 0 saturated heterocycles. The van der Waals surface area contributed by atoms with Crippen molar-refractivity contribution in [3.63, 3.8) is 0 Å². The van der Waals surface area contributed by atoms with Crippen LogP contribution in [0.25, 0.3) is 11.0 Å². The summed E-state index contributed by atoms with van der Waals surface area (Å²) in [5.41, 5.74) is -0.215. The maximum Gasteiger partial charge on any atom is 0.355 e. The molecule has 0 spiro atoms. The van der Waals surface area contributed by atoms with Crippen LogP contribution in [0.3, 0.4) is 0 Å². The lowest BCUT2D eigenvalue weighted by Gasteiger charge is -2.10. The van der Waals surface area contributed by atoms with Crippen LogP contribution in [-0.2, 0) is 9.84 Å². The number of benzene rings is 3. The van der Waals surface area contributed by atoms with Crippen LogP contribution in [-0.4, -0.2) is 28.5 Å². The van der Waals surface area contributed by atoms with E-state index in [9.17, 15) is 18.0 Å². The van der Waals surface area contributed by atoms with Crippen molar-refractivity contribution >= 4 is 44.0 Å². The highest BCUT2D eigenvalue weighted by atomic mass is 35.5. The molecule has 0 atom stereocenters. The number of carbonyl (C=O) groups excluding carboxylic acids is 1. The second-order valence-corrected chi connectivity index (χ2v) is 9.52. The minimum absolute atomic E-state index is 0.107. The number of methoxy groups -OCH3 is 2. The highest BCUT2D eigenvalue weighted by Gasteiger charge is 2.23. The second-order valence-electron chi connectivity index (χ2n) is 7.16. The third-order valence-corrected chi connectivity index (χ3v) is 6.99. The highest BCUT2D eigenvalue weighted by Crippen LogP contribution is 2.27. The predicted octanol–water partition coefficient (Wildman–Crippen LogP) is 4.55. The molecule has 0 radical (unpaired) electrons. The molecule has 174 valence electrons. The van der Waals surface area contributed by atoms with E-state index in [4.69, 9.17) is 25.5 Å². The van der Waals surface area contributed by atoms with Crippen LogP contribution >= 0.6 is 11.6 Å². The van der Waals surface area contributed by atoms with Crippen molar-refractivity contribution in [3.05, 3.63) is 87.7 Å². The molecule has 0 fully saturated rings. The Bertz CT molecular complexity index is 1540. The standard InChI is InChI=1S/C24H18ClNO7S/c1-31-18-11-17(12-19(13-18)32-2)26-23(27)14-3-8-21-15(9-14)10-22(24(28)33-21)34(29,30)20-6-4-16(25)5-7-20/h3-13H,1-2H3,(H,26,27). The van der Waals surface area contributed by atoms with Gasteiger partial charge < -0.3 is 19.2 Å². The predicted molar refractivity (Wildman–Crippen MR) is 127 cm³/mol. The van der Waals surface area contributed by atoms with Crippen LogP contribution in [0.5, 0.6) is 11.5 Å². The first-order valence-corrected chi connectivity index (χ1v) is 11.7. The molecule has 4 rings (SSSR count). The summed E-state index contributed by atoms with van der Waals surface area (Å²) in [4.78, 5) is 24.6. The molecule has 0 bridgehead atoms. The molecule has 4 aromatic rings. The summed E-state index contributed by atoms with van der Waals surface area (Å²) < 4.78 is 41.6. The number of fused-ring (bicyclic) bond motifs is 1. The van der Waals surface area contributed by atoms with Crippen LogP contribution in [0.4, 0.5) is 5.69 Å². The first-order chi connectivity index (χ1) is 16.2. The van der Waals surface area contributed by atoms with Gasteiger partial charge >= 0.3 is 5.63 Å². The van der Waals surface area contributed by atoms with Crippen molar-refractivity contribution in [2.45, 2.75) is 9.79 Å². The number of carbonyl (C=O) groups is 1. The Balaban J connectivity index is 1.71. The molecule has 0 unspecified atom stereocenters. The van der Waals surface area contributed by atoms with Gasteiger partial charge in [-0.2, -0.15) is 0 Å². The van der Waals surface area contributed by atoms with Crippen molar-refractivity contribution in [2.75, 3.05) is 19.5 Å². The molecule has 1 aromatic heterocycles. The molecule has 0 aliphatic heterocycles. The largest absolute Gasteiger partial charge is 0.497 e. The topological polar surface area (TPSA) is 112 Å². The fraction of sp³-hybridized carbons (Fsp3) is 0.0833. The third kappa shape index (κ3) is 4.61. The fourth-order valence-electron chi connectivity index (χ4n) is 3.26. The first kappa shape index (κ1) is 23.3. The Labute approximate surface area is 199 Å². The van der Waals surface area contributed by atoms with Crippen molar-refractivity contribution in [1.82, 2.24) is 0 Å². The minimum atomic E-state index is -4.17. The van der Waals surface area contributed by atoms with Crippen LogP contribution in [0.2, 0.25) is 5.02 Å². The fourth-order valence-corrected chi connectivity index (χ4v) is 4.67. The van der Waals surface area contributed by atoms with Crippen LogP contribution < -0.4 is 20.4 Å². The molecule has 8 nitrogen and oxygen atoms in total. The average Bonchev–Trinajstić information content (AvgIpc) is 2.83. The molecule has 0 aliphatic rings. The maximum absolute atomic E-state index is 13.0. The average molecular weight is 500 g/mol. The van der Waals surface area contributed by atoms with Gasteiger partial charge in [0.2, 0.25) is 9.84 Å². The molecule has 1 heterocycles. The highest BCUT2D eigenvalue weighted by molar-refractivity contribution is 7.91. The smallest absolute Gasteiger partial charge is 0.355 e. The van der Waals surface area contributed by atoms with Gasteiger partial charge in [-0.25, -0.2) is 13.2 Å². The lowest BCUT2D eigenvalue weighted by atomic mass is 10.1. The van der Waals surface area contributed by atoms with E-state index >= 15 is 0 Å². The summed E-state index contributed by atoms with van der Waals surface area (Å²) in [5.74, 6) is 0.518. The summed E-state index contributed by atoms with van der Waals surface area (Å²) in [6.07, 6.45) is 0. The summed E-state index contributed by atoms with van der Waals surface area (Å²) >= 11 is 5.83. The Morgan fingerprint density at radius 2 is 1.56 bits per heavy atom.